The molecule has 0 bridgehead atoms. The Morgan fingerprint density at radius 2 is 0.625 bits per heavy atom. The van der Waals surface area contributed by atoms with Crippen molar-refractivity contribution in [3.63, 3.8) is 0 Å². The van der Waals surface area contributed by atoms with Gasteiger partial charge in [-0.15, -0.1) is 0 Å². The quantitative estimate of drug-likeness (QED) is 0.136. The molecule has 0 aliphatic rings. The molecule has 8 rings (SSSR count). The van der Waals surface area contributed by atoms with Gasteiger partial charge in [-0.2, -0.15) is 0 Å². The Labute approximate surface area is 285 Å². The first-order valence-electron chi connectivity index (χ1n) is 16.4. The molecule has 0 fully saturated rings. The van der Waals surface area contributed by atoms with Gasteiger partial charge in [0.15, 0.2) is 0 Å². The number of aryl methyl sites for hydroxylation is 4. The van der Waals surface area contributed by atoms with Crippen LogP contribution in [-0.2, 0) is 0 Å². The Bertz CT molecular complexity index is 2160. The van der Waals surface area contributed by atoms with Gasteiger partial charge in [-0.05, 0) is 97.8 Å². The fourth-order valence-electron chi connectivity index (χ4n) is 7.06. The molecule has 4 heteroatoms. The molecule has 48 heavy (non-hydrogen) atoms. The fourth-order valence-corrected chi connectivity index (χ4v) is 7.06. The summed E-state index contributed by atoms with van der Waals surface area (Å²) in [5.74, 6) is 0. The van der Waals surface area contributed by atoms with Crippen LogP contribution in [0.1, 0.15) is 22.3 Å². The van der Waals surface area contributed by atoms with E-state index < -0.39 is 0 Å². The number of hydrogen-bond donors (Lipinski definition) is 0. The van der Waals surface area contributed by atoms with Crippen molar-refractivity contribution in [3.8, 4) is 0 Å². The van der Waals surface area contributed by atoms with E-state index in [4.69, 9.17) is 15.7 Å². The van der Waals surface area contributed by atoms with Crippen LogP contribution < -0.4 is 20.7 Å². The van der Waals surface area contributed by atoms with Crippen LogP contribution in [0, 0.1) is 27.7 Å². The maximum atomic E-state index is 7.04. The third kappa shape index (κ3) is 5.00. The molecule has 0 saturated carbocycles. The second-order valence-corrected chi connectivity index (χ2v) is 13.1. The summed E-state index contributed by atoms with van der Waals surface area (Å²) < 4.78 is 0. The van der Waals surface area contributed by atoms with E-state index >= 15 is 0 Å². The number of benzene rings is 8. The van der Waals surface area contributed by atoms with Gasteiger partial charge in [0, 0.05) is 44.9 Å². The van der Waals surface area contributed by atoms with Gasteiger partial charge in [-0.3, -0.25) is 0 Å². The summed E-state index contributed by atoms with van der Waals surface area (Å²) in [6.45, 7) is 8.46. The average Bonchev–Trinajstić information content (AvgIpc) is 3.08. The lowest BCUT2D eigenvalue weighted by Gasteiger charge is -2.32. The normalized spacial score (nSPS) is 11.5. The number of hydrogen-bond acceptors (Lipinski definition) is 2. The highest BCUT2D eigenvalue weighted by molar-refractivity contribution is 6.44. The molecule has 0 amide bonds. The van der Waals surface area contributed by atoms with E-state index in [0.717, 1.165) is 66.6 Å². The minimum absolute atomic E-state index is 0.725. The molecule has 226 valence electrons. The molecule has 2 nitrogen and oxygen atoms in total. The number of rotatable bonds is 6. The summed E-state index contributed by atoms with van der Waals surface area (Å²) in [7, 11) is 14.1. The van der Waals surface area contributed by atoms with Crippen molar-refractivity contribution in [2.75, 3.05) is 9.80 Å². The van der Waals surface area contributed by atoms with Crippen LogP contribution in [0.5, 0.6) is 0 Å². The van der Waals surface area contributed by atoms with E-state index in [0.29, 0.717) is 0 Å². The summed E-state index contributed by atoms with van der Waals surface area (Å²) in [6, 6.07) is 47.7. The molecule has 0 heterocycles. The van der Waals surface area contributed by atoms with Crippen molar-refractivity contribution in [1.29, 1.82) is 0 Å². The molecule has 0 spiro atoms. The molecule has 8 aromatic rings. The van der Waals surface area contributed by atoms with Crippen LogP contribution in [0.25, 0.3) is 32.3 Å². The molecule has 0 unspecified atom stereocenters. The van der Waals surface area contributed by atoms with Gasteiger partial charge in [0.1, 0.15) is 15.7 Å². The molecule has 0 aliphatic carbocycles. The van der Waals surface area contributed by atoms with Crippen LogP contribution in [0.3, 0.4) is 0 Å². The van der Waals surface area contributed by atoms with Crippen LogP contribution in [0.2, 0.25) is 0 Å². The number of nitrogens with zero attached hydrogens (tertiary/aromatic N) is 2. The standard InChI is InChI=1S/C44H34B2N2/c1-27-5-15-33(16-6-27)47(34-17-7-28(2)8-18-34)43-37-23-24-38-42-32(14-13-31(41(37)42)25-39(43)45)26-40(46)44(38)48(35-19-9-29(3)10-20-35)36-21-11-30(4)12-22-36/h5-26H,1-4H3. The Balaban J connectivity index is 1.45. The zero-order valence-electron chi connectivity index (χ0n) is 27.8. The summed E-state index contributed by atoms with van der Waals surface area (Å²) in [5.41, 5.74) is 12.5. The largest absolute Gasteiger partial charge is 0.310 e. The van der Waals surface area contributed by atoms with Gasteiger partial charge in [-0.25, -0.2) is 0 Å². The van der Waals surface area contributed by atoms with Gasteiger partial charge < -0.3 is 9.80 Å². The highest BCUT2D eigenvalue weighted by atomic mass is 15.2. The van der Waals surface area contributed by atoms with E-state index in [2.05, 4.69) is 171 Å². The van der Waals surface area contributed by atoms with Crippen molar-refractivity contribution < 1.29 is 0 Å². The second kappa shape index (κ2) is 11.6. The lowest BCUT2D eigenvalue weighted by Crippen LogP contribution is -2.21. The SMILES string of the molecule is [B]c1cc2ccc3cc([B])c(N(c4ccc(C)cc4)c4ccc(C)cc4)c4ccc(c1N(c1ccc(C)cc1)c1ccc(C)cc1)c2c34. The van der Waals surface area contributed by atoms with Gasteiger partial charge in [0.25, 0.3) is 0 Å². The second-order valence-electron chi connectivity index (χ2n) is 13.1. The van der Waals surface area contributed by atoms with Gasteiger partial charge in [-0.1, -0.05) is 118 Å². The highest BCUT2D eigenvalue weighted by Crippen LogP contribution is 2.46. The van der Waals surface area contributed by atoms with Crippen LogP contribution in [0.4, 0.5) is 34.1 Å². The summed E-state index contributed by atoms with van der Waals surface area (Å²) in [4.78, 5) is 4.58. The average molecular weight is 612 g/mol. The van der Waals surface area contributed by atoms with Crippen molar-refractivity contribution in [1.82, 2.24) is 0 Å². The topological polar surface area (TPSA) is 6.48 Å². The predicted octanol–water partition coefficient (Wildman–Crippen LogP) is 10.3. The highest BCUT2D eigenvalue weighted by Gasteiger charge is 2.24. The predicted molar refractivity (Wildman–Crippen MR) is 209 cm³/mol. The summed E-state index contributed by atoms with van der Waals surface area (Å²) in [5, 5.41) is 6.74. The molecular formula is C44H34B2N2. The maximum Gasteiger partial charge on any atom is 0.116 e. The molecule has 8 aromatic carbocycles. The Hall–Kier alpha value is -5.47. The van der Waals surface area contributed by atoms with Crippen LogP contribution in [-0.4, -0.2) is 15.7 Å². The van der Waals surface area contributed by atoms with E-state index in [1.165, 1.54) is 33.0 Å². The van der Waals surface area contributed by atoms with Gasteiger partial charge in [0.05, 0.1) is 0 Å². The molecular weight excluding hydrogens is 578 g/mol. The Morgan fingerprint density at radius 1 is 0.354 bits per heavy atom. The fraction of sp³-hybridized carbons (Fsp3) is 0.0909. The zero-order valence-corrected chi connectivity index (χ0v) is 27.8. The number of anilines is 6. The summed E-state index contributed by atoms with van der Waals surface area (Å²) in [6.07, 6.45) is 0. The van der Waals surface area contributed by atoms with Crippen molar-refractivity contribution in [2.45, 2.75) is 27.7 Å². The first-order valence-corrected chi connectivity index (χ1v) is 16.4. The lowest BCUT2D eigenvalue weighted by molar-refractivity contribution is 1.29. The Kier molecular flexibility index (Phi) is 7.26. The van der Waals surface area contributed by atoms with Crippen molar-refractivity contribution in [3.05, 3.63) is 156 Å². The van der Waals surface area contributed by atoms with Crippen LogP contribution in [0.15, 0.2) is 133 Å². The van der Waals surface area contributed by atoms with E-state index in [1.54, 1.807) is 0 Å². The summed E-state index contributed by atoms with van der Waals surface area (Å²) >= 11 is 0. The molecule has 0 saturated heterocycles. The first-order chi connectivity index (χ1) is 23.3. The Morgan fingerprint density at radius 3 is 0.896 bits per heavy atom. The third-order valence-electron chi connectivity index (χ3n) is 9.52. The van der Waals surface area contributed by atoms with Crippen LogP contribution >= 0.6 is 0 Å². The molecule has 0 aromatic heterocycles. The maximum absolute atomic E-state index is 7.04. The van der Waals surface area contributed by atoms with E-state index in [9.17, 15) is 0 Å². The lowest BCUT2D eigenvalue weighted by atomic mass is 9.81. The third-order valence-corrected chi connectivity index (χ3v) is 9.52. The molecule has 0 aliphatic heterocycles. The van der Waals surface area contributed by atoms with E-state index in [1.807, 2.05) is 0 Å². The molecule has 4 radical (unpaired) electrons. The first kappa shape index (κ1) is 29.9. The monoisotopic (exact) mass is 612 g/mol. The van der Waals surface area contributed by atoms with E-state index in [-0.39, 0.29) is 0 Å². The molecule has 0 atom stereocenters. The van der Waals surface area contributed by atoms with Gasteiger partial charge >= 0.3 is 0 Å². The smallest absolute Gasteiger partial charge is 0.116 e. The minimum Gasteiger partial charge on any atom is -0.310 e. The zero-order chi connectivity index (χ0) is 33.1. The minimum atomic E-state index is 0.725. The van der Waals surface area contributed by atoms with Gasteiger partial charge in [0.2, 0.25) is 0 Å². The van der Waals surface area contributed by atoms with Crippen molar-refractivity contribution >= 4 is 93.1 Å². The molecule has 0 N–H and O–H groups in total. The van der Waals surface area contributed by atoms with Crippen molar-refractivity contribution in [2.24, 2.45) is 0 Å².